The van der Waals surface area contributed by atoms with E-state index in [2.05, 4.69) is 11.9 Å². The fourth-order valence-corrected chi connectivity index (χ4v) is 4.25. The van der Waals surface area contributed by atoms with Gasteiger partial charge in [-0.1, -0.05) is 31.2 Å². The molecule has 1 amide bonds. The summed E-state index contributed by atoms with van der Waals surface area (Å²) >= 11 is 1.32. The number of para-hydroxylation sites is 2. The van der Waals surface area contributed by atoms with Gasteiger partial charge in [0.05, 0.1) is 11.4 Å². The highest BCUT2D eigenvalue weighted by molar-refractivity contribution is 7.14. The van der Waals surface area contributed by atoms with Crippen molar-refractivity contribution in [2.75, 3.05) is 4.90 Å². The SMILES string of the molecule is CCc1ccc(N(C(C)=O)c2nc(COC(=O)C3Oc4ccccc4OC3C)cs2)cc1. The Kier molecular flexibility index (Phi) is 6.41. The summed E-state index contributed by atoms with van der Waals surface area (Å²) in [5.74, 6) is 0.437. The van der Waals surface area contributed by atoms with Crippen LogP contribution in [-0.2, 0) is 27.4 Å². The van der Waals surface area contributed by atoms with Crippen LogP contribution < -0.4 is 14.4 Å². The van der Waals surface area contributed by atoms with Crippen LogP contribution in [-0.4, -0.2) is 29.1 Å². The molecule has 4 rings (SSSR count). The molecule has 0 aliphatic carbocycles. The molecule has 0 bridgehead atoms. The Balaban J connectivity index is 1.42. The second-order valence-corrected chi connectivity index (χ2v) is 8.25. The average Bonchev–Trinajstić information content (AvgIpc) is 3.25. The minimum Gasteiger partial charge on any atom is -0.482 e. The van der Waals surface area contributed by atoms with E-state index in [-0.39, 0.29) is 12.5 Å². The topological polar surface area (TPSA) is 78.0 Å². The molecule has 2 aromatic carbocycles. The van der Waals surface area contributed by atoms with Gasteiger partial charge in [-0.25, -0.2) is 9.78 Å². The van der Waals surface area contributed by atoms with Gasteiger partial charge in [0.15, 0.2) is 16.6 Å². The molecule has 2 atom stereocenters. The number of aryl methyl sites for hydroxylation is 1. The monoisotopic (exact) mass is 452 g/mol. The van der Waals surface area contributed by atoms with E-state index in [1.165, 1.54) is 23.8 Å². The zero-order valence-electron chi connectivity index (χ0n) is 18.1. The Morgan fingerprint density at radius 2 is 1.78 bits per heavy atom. The number of ether oxygens (including phenoxy) is 3. The van der Waals surface area contributed by atoms with E-state index in [1.54, 1.807) is 29.3 Å². The zero-order valence-corrected chi connectivity index (χ0v) is 18.9. The molecule has 0 fully saturated rings. The van der Waals surface area contributed by atoms with Crippen molar-refractivity contribution < 1.29 is 23.8 Å². The minimum atomic E-state index is -0.867. The summed E-state index contributed by atoms with van der Waals surface area (Å²) in [6, 6.07) is 15.0. The third kappa shape index (κ3) is 4.60. The van der Waals surface area contributed by atoms with Gasteiger partial charge in [-0.05, 0) is 43.2 Å². The lowest BCUT2D eigenvalue weighted by molar-refractivity contribution is -0.159. The molecule has 0 saturated heterocycles. The van der Waals surface area contributed by atoms with Crippen LogP contribution in [0.25, 0.3) is 0 Å². The van der Waals surface area contributed by atoms with Gasteiger partial charge in [0.1, 0.15) is 12.7 Å². The number of thiazole rings is 1. The maximum Gasteiger partial charge on any atom is 0.351 e. The van der Waals surface area contributed by atoms with Crippen molar-refractivity contribution in [1.29, 1.82) is 0 Å². The molecule has 1 aliphatic rings. The number of carbonyl (C=O) groups is 2. The molecule has 1 aromatic heterocycles. The molecular weight excluding hydrogens is 428 g/mol. The quantitative estimate of drug-likeness (QED) is 0.506. The summed E-state index contributed by atoms with van der Waals surface area (Å²) in [6.07, 6.45) is -0.427. The number of nitrogens with zero attached hydrogens (tertiary/aromatic N) is 2. The third-order valence-corrected chi connectivity index (χ3v) is 5.96. The van der Waals surface area contributed by atoms with Gasteiger partial charge < -0.3 is 14.2 Å². The molecule has 32 heavy (non-hydrogen) atoms. The van der Waals surface area contributed by atoms with Gasteiger partial charge in [-0.3, -0.25) is 9.69 Å². The first-order valence-electron chi connectivity index (χ1n) is 10.4. The van der Waals surface area contributed by atoms with Crippen LogP contribution >= 0.6 is 11.3 Å². The molecule has 3 aromatic rings. The van der Waals surface area contributed by atoms with E-state index < -0.39 is 18.2 Å². The number of fused-ring (bicyclic) bond motifs is 1. The van der Waals surface area contributed by atoms with E-state index >= 15 is 0 Å². The van der Waals surface area contributed by atoms with Crippen LogP contribution in [0.3, 0.4) is 0 Å². The minimum absolute atomic E-state index is 0.0237. The number of hydrogen-bond donors (Lipinski definition) is 0. The second-order valence-electron chi connectivity index (χ2n) is 7.41. The molecule has 0 N–H and O–H groups in total. The number of anilines is 2. The molecule has 0 spiro atoms. The average molecular weight is 453 g/mol. The Morgan fingerprint density at radius 3 is 2.44 bits per heavy atom. The Bertz CT molecular complexity index is 1110. The van der Waals surface area contributed by atoms with Crippen LogP contribution in [0.15, 0.2) is 53.9 Å². The number of esters is 1. The largest absolute Gasteiger partial charge is 0.482 e. The fourth-order valence-electron chi connectivity index (χ4n) is 3.38. The van der Waals surface area contributed by atoms with E-state index in [0.29, 0.717) is 22.3 Å². The normalized spacial score (nSPS) is 17.0. The summed E-state index contributed by atoms with van der Waals surface area (Å²) in [6.45, 7) is 5.31. The van der Waals surface area contributed by atoms with Gasteiger partial charge in [0.2, 0.25) is 12.0 Å². The lowest BCUT2D eigenvalue weighted by Gasteiger charge is -2.30. The predicted octanol–water partition coefficient (Wildman–Crippen LogP) is 4.66. The maximum atomic E-state index is 12.6. The Labute approximate surface area is 190 Å². The van der Waals surface area contributed by atoms with Gasteiger partial charge in [0, 0.05) is 12.3 Å². The summed E-state index contributed by atoms with van der Waals surface area (Å²) in [5.41, 5.74) is 2.49. The third-order valence-electron chi connectivity index (χ3n) is 5.09. The fraction of sp³-hybridized carbons (Fsp3) is 0.292. The van der Waals surface area contributed by atoms with Gasteiger partial charge in [-0.2, -0.15) is 0 Å². The molecule has 8 heteroatoms. The first kappa shape index (κ1) is 21.8. The smallest absolute Gasteiger partial charge is 0.351 e. The van der Waals surface area contributed by atoms with Crippen molar-refractivity contribution in [2.45, 2.75) is 46.0 Å². The van der Waals surface area contributed by atoms with Crippen molar-refractivity contribution in [1.82, 2.24) is 4.98 Å². The molecule has 1 aliphatic heterocycles. The van der Waals surface area contributed by atoms with E-state index in [9.17, 15) is 9.59 Å². The van der Waals surface area contributed by atoms with Crippen molar-refractivity contribution in [2.24, 2.45) is 0 Å². The van der Waals surface area contributed by atoms with Gasteiger partial charge >= 0.3 is 5.97 Å². The zero-order chi connectivity index (χ0) is 22.7. The highest BCUT2D eigenvalue weighted by Gasteiger charge is 2.35. The first-order valence-corrected chi connectivity index (χ1v) is 11.3. The van der Waals surface area contributed by atoms with Crippen molar-refractivity contribution in [3.8, 4) is 11.5 Å². The molecule has 2 unspecified atom stereocenters. The number of benzene rings is 2. The van der Waals surface area contributed by atoms with Crippen LogP contribution in [0, 0.1) is 0 Å². The summed E-state index contributed by atoms with van der Waals surface area (Å²) in [7, 11) is 0. The van der Waals surface area contributed by atoms with Crippen molar-refractivity contribution >= 4 is 34.0 Å². The molecule has 0 radical (unpaired) electrons. The van der Waals surface area contributed by atoms with Crippen molar-refractivity contribution in [3.63, 3.8) is 0 Å². The van der Waals surface area contributed by atoms with Gasteiger partial charge in [-0.15, -0.1) is 11.3 Å². The van der Waals surface area contributed by atoms with E-state index in [4.69, 9.17) is 14.2 Å². The number of rotatable bonds is 6. The highest BCUT2D eigenvalue weighted by Crippen LogP contribution is 2.34. The molecular formula is C24H24N2O5S. The Hall–Kier alpha value is -3.39. The van der Waals surface area contributed by atoms with E-state index in [1.807, 2.05) is 36.4 Å². The molecule has 166 valence electrons. The lowest BCUT2D eigenvalue weighted by Crippen LogP contribution is -2.44. The second kappa shape index (κ2) is 9.40. The molecule has 2 heterocycles. The number of aromatic nitrogens is 1. The Morgan fingerprint density at radius 1 is 1.09 bits per heavy atom. The predicted molar refractivity (Wildman–Crippen MR) is 121 cm³/mol. The number of hydrogen-bond acceptors (Lipinski definition) is 7. The van der Waals surface area contributed by atoms with Crippen LogP contribution in [0.2, 0.25) is 0 Å². The van der Waals surface area contributed by atoms with Crippen LogP contribution in [0.4, 0.5) is 10.8 Å². The maximum absolute atomic E-state index is 12.6. The molecule has 7 nitrogen and oxygen atoms in total. The summed E-state index contributed by atoms with van der Waals surface area (Å²) in [5, 5.41) is 2.29. The summed E-state index contributed by atoms with van der Waals surface area (Å²) < 4.78 is 17.0. The van der Waals surface area contributed by atoms with Crippen LogP contribution in [0.1, 0.15) is 32.0 Å². The van der Waals surface area contributed by atoms with Crippen LogP contribution in [0.5, 0.6) is 11.5 Å². The number of carbonyl (C=O) groups excluding carboxylic acids is 2. The first-order chi connectivity index (χ1) is 15.5. The highest BCUT2D eigenvalue weighted by atomic mass is 32.1. The lowest BCUT2D eigenvalue weighted by atomic mass is 10.1. The number of amides is 1. The van der Waals surface area contributed by atoms with E-state index in [0.717, 1.165) is 12.1 Å². The standard InChI is InChI=1S/C24H24N2O5S/c1-4-17-9-11-19(12-10-17)26(16(3)27)24-25-18(14-32-24)13-29-23(28)22-15(2)30-20-7-5-6-8-21(20)31-22/h5-12,14-15,22H,4,13H2,1-3H3. The molecule has 0 saturated carbocycles. The van der Waals surface area contributed by atoms with Gasteiger partial charge in [0.25, 0.3) is 0 Å². The van der Waals surface area contributed by atoms with Crippen molar-refractivity contribution in [3.05, 3.63) is 65.2 Å². The summed E-state index contributed by atoms with van der Waals surface area (Å²) in [4.78, 5) is 30.9.